The largest absolute Gasteiger partial charge is 0.484 e. The molecule has 0 atom stereocenters. The third-order valence-electron chi connectivity index (χ3n) is 2.63. The molecule has 0 saturated heterocycles. The molecule has 0 aliphatic heterocycles. The second-order valence-corrected chi connectivity index (χ2v) is 5.42. The molecule has 1 heterocycles. The van der Waals surface area contributed by atoms with Gasteiger partial charge >= 0.3 is 0 Å². The standard InChI is InChI=1S/C14H15BrN2O3/c1-9-6-11(20-16-9)8-19-13-5-4-10(7-12(13)15)14(18)17(2)3/h4-7H,8H2,1-3H3. The first kappa shape index (κ1) is 14.6. The first-order chi connectivity index (χ1) is 9.47. The molecule has 0 spiro atoms. The molecular formula is C14H15BrN2O3. The molecule has 0 aliphatic carbocycles. The Morgan fingerprint density at radius 3 is 2.70 bits per heavy atom. The fraction of sp³-hybridized carbons (Fsp3) is 0.286. The Hall–Kier alpha value is -1.82. The van der Waals surface area contributed by atoms with E-state index in [0.717, 1.165) is 10.2 Å². The number of aryl methyl sites for hydroxylation is 1. The maximum atomic E-state index is 11.8. The second-order valence-electron chi connectivity index (χ2n) is 4.57. The molecule has 0 radical (unpaired) electrons. The number of carbonyl (C=O) groups excluding carboxylic acids is 1. The number of carbonyl (C=O) groups is 1. The molecule has 2 aromatic rings. The van der Waals surface area contributed by atoms with E-state index < -0.39 is 0 Å². The van der Waals surface area contributed by atoms with E-state index in [4.69, 9.17) is 9.26 Å². The van der Waals surface area contributed by atoms with Gasteiger partial charge in [-0.1, -0.05) is 5.16 Å². The molecule has 0 fully saturated rings. The van der Waals surface area contributed by atoms with Crippen molar-refractivity contribution in [2.45, 2.75) is 13.5 Å². The summed E-state index contributed by atoms with van der Waals surface area (Å²) in [6.07, 6.45) is 0. The van der Waals surface area contributed by atoms with Gasteiger partial charge in [-0.25, -0.2) is 0 Å². The lowest BCUT2D eigenvalue weighted by atomic mass is 10.2. The molecule has 6 heteroatoms. The van der Waals surface area contributed by atoms with Crippen molar-refractivity contribution in [3.63, 3.8) is 0 Å². The van der Waals surface area contributed by atoms with Crippen LogP contribution in [0.3, 0.4) is 0 Å². The van der Waals surface area contributed by atoms with Gasteiger partial charge in [-0.15, -0.1) is 0 Å². The predicted octanol–water partition coefficient (Wildman–Crippen LogP) is 3.03. The van der Waals surface area contributed by atoms with Gasteiger partial charge in [0.2, 0.25) is 0 Å². The van der Waals surface area contributed by atoms with E-state index in [0.29, 0.717) is 23.7 Å². The van der Waals surface area contributed by atoms with Gasteiger partial charge in [0.25, 0.3) is 5.91 Å². The van der Waals surface area contributed by atoms with Crippen LogP contribution in [0.1, 0.15) is 21.8 Å². The van der Waals surface area contributed by atoms with Crippen molar-refractivity contribution in [2.75, 3.05) is 14.1 Å². The van der Waals surface area contributed by atoms with Gasteiger partial charge in [0.1, 0.15) is 12.4 Å². The zero-order valence-electron chi connectivity index (χ0n) is 11.5. The summed E-state index contributed by atoms with van der Waals surface area (Å²) in [5.74, 6) is 1.25. The number of rotatable bonds is 4. The number of nitrogens with zero attached hydrogens (tertiary/aromatic N) is 2. The van der Waals surface area contributed by atoms with Crippen LogP contribution >= 0.6 is 15.9 Å². The van der Waals surface area contributed by atoms with Crippen LogP contribution in [0.15, 0.2) is 33.3 Å². The Labute approximate surface area is 125 Å². The van der Waals surface area contributed by atoms with Gasteiger partial charge in [0, 0.05) is 25.7 Å². The third kappa shape index (κ3) is 3.39. The summed E-state index contributed by atoms with van der Waals surface area (Å²) in [6, 6.07) is 7.04. The molecule has 20 heavy (non-hydrogen) atoms. The zero-order valence-corrected chi connectivity index (χ0v) is 13.1. The van der Waals surface area contributed by atoms with E-state index in [9.17, 15) is 4.79 Å². The smallest absolute Gasteiger partial charge is 0.253 e. The van der Waals surface area contributed by atoms with Crippen LogP contribution in [0.5, 0.6) is 5.75 Å². The van der Waals surface area contributed by atoms with Crippen molar-refractivity contribution in [2.24, 2.45) is 0 Å². The monoisotopic (exact) mass is 338 g/mol. The van der Waals surface area contributed by atoms with Crippen molar-refractivity contribution in [1.82, 2.24) is 10.1 Å². The number of amides is 1. The highest BCUT2D eigenvalue weighted by Gasteiger charge is 2.11. The lowest BCUT2D eigenvalue weighted by Gasteiger charge is -2.12. The Kier molecular flexibility index (Phi) is 4.44. The number of hydrogen-bond donors (Lipinski definition) is 0. The second kappa shape index (κ2) is 6.09. The lowest BCUT2D eigenvalue weighted by molar-refractivity contribution is 0.0827. The van der Waals surface area contributed by atoms with E-state index >= 15 is 0 Å². The van der Waals surface area contributed by atoms with Crippen LogP contribution < -0.4 is 4.74 Å². The van der Waals surface area contributed by atoms with Crippen molar-refractivity contribution < 1.29 is 14.1 Å². The maximum Gasteiger partial charge on any atom is 0.253 e. The minimum Gasteiger partial charge on any atom is -0.484 e. The van der Waals surface area contributed by atoms with Gasteiger partial charge in [-0.05, 0) is 41.1 Å². The van der Waals surface area contributed by atoms with Crippen LogP contribution in [-0.2, 0) is 6.61 Å². The fourth-order valence-electron chi connectivity index (χ4n) is 1.64. The molecular weight excluding hydrogens is 324 g/mol. The van der Waals surface area contributed by atoms with E-state index in [-0.39, 0.29) is 5.91 Å². The maximum absolute atomic E-state index is 11.8. The average Bonchev–Trinajstić information content (AvgIpc) is 2.82. The Morgan fingerprint density at radius 1 is 1.40 bits per heavy atom. The minimum absolute atomic E-state index is 0.0527. The third-order valence-corrected chi connectivity index (χ3v) is 3.25. The Balaban J connectivity index is 2.08. The number of halogens is 1. The molecule has 106 valence electrons. The number of ether oxygens (including phenoxy) is 1. The van der Waals surface area contributed by atoms with Gasteiger partial charge < -0.3 is 14.2 Å². The average molecular weight is 339 g/mol. The Morgan fingerprint density at radius 2 is 2.15 bits per heavy atom. The van der Waals surface area contributed by atoms with Crippen LogP contribution in [0.2, 0.25) is 0 Å². The summed E-state index contributed by atoms with van der Waals surface area (Å²) in [5.41, 5.74) is 1.42. The van der Waals surface area contributed by atoms with E-state index in [2.05, 4.69) is 21.1 Å². The highest BCUT2D eigenvalue weighted by molar-refractivity contribution is 9.10. The van der Waals surface area contributed by atoms with Crippen LogP contribution in [0.4, 0.5) is 0 Å². The summed E-state index contributed by atoms with van der Waals surface area (Å²) >= 11 is 3.40. The minimum atomic E-state index is -0.0527. The van der Waals surface area contributed by atoms with Gasteiger partial charge in [0.15, 0.2) is 5.76 Å². The van der Waals surface area contributed by atoms with Crippen molar-refractivity contribution in [3.05, 3.63) is 45.8 Å². The first-order valence-corrected chi connectivity index (χ1v) is 6.83. The van der Waals surface area contributed by atoms with Crippen molar-refractivity contribution in [3.8, 4) is 5.75 Å². The molecule has 0 saturated carbocycles. The molecule has 1 aromatic carbocycles. The lowest BCUT2D eigenvalue weighted by Crippen LogP contribution is -2.21. The molecule has 1 amide bonds. The summed E-state index contributed by atoms with van der Waals surface area (Å²) in [4.78, 5) is 13.4. The number of benzene rings is 1. The highest BCUT2D eigenvalue weighted by Crippen LogP contribution is 2.27. The topological polar surface area (TPSA) is 55.6 Å². The van der Waals surface area contributed by atoms with Crippen molar-refractivity contribution >= 4 is 21.8 Å². The van der Waals surface area contributed by atoms with Gasteiger partial charge in [-0.2, -0.15) is 0 Å². The van der Waals surface area contributed by atoms with Gasteiger partial charge in [0.05, 0.1) is 10.2 Å². The van der Waals surface area contributed by atoms with E-state index in [1.165, 1.54) is 4.90 Å². The van der Waals surface area contributed by atoms with Crippen molar-refractivity contribution in [1.29, 1.82) is 0 Å². The first-order valence-electron chi connectivity index (χ1n) is 6.03. The number of hydrogen-bond acceptors (Lipinski definition) is 4. The van der Waals surface area contributed by atoms with Gasteiger partial charge in [-0.3, -0.25) is 4.79 Å². The molecule has 1 aromatic heterocycles. The predicted molar refractivity (Wildman–Crippen MR) is 77.7 cm³/mol. The highest BCUT2D eigenvalue weighted by atomic mass is 79.9. The molecule has 0 unspecified atom stereocenters. The molecule has 5 nitrogen and oxygen atoms in total. The summed E-state index contributed by atoms with van der Waals surface area (Å²) in [6.45, 7) is 2.14. The summed E-state index contributed by atoms with van der Waals surface area (Å²) in [7, 11) is 3.43. The fourth-order valence-corrected chi connectivity index (χ4v) is 2.14. The molecule has 0 bridgehead atoms. The molecule has 2 rings (SSSR count). The SMILES string of the molecule is Cc1cc(COc2ccc(C(=O)N(C)C)cc2Br)on1. The quantitative estimate of drug-likeness (QED) is 0.859. The molecule has 0 aliphatic rings. The normalized spacial score (nSPS) is 10.4. The van der Waals surface area contributed by atoms with E-state index in [1.54, 1.807) is 32.3 Å². The molecule has 0 N–H and O–H groups in total. The van der Waals surface area contributed by atoms with Crippen LogP contribution in [0.25, 0.3) is 0 Å². The van der Waals surface area contributed by atoms with Crippen LogP contribution in [0, 0.1) is 6.92 Å². The zero-order chi connectivity index (χ0) is 14.7. The summed E-state index contributed by atoms with van der Waals surface area (Å²) in [5, 5.41) is 3.79. The van der Waals surface area contributed by atoms with E-state index in [1.807, 2.05) is 13.0 Å². The Bertz CT molecular complexity index is 623. The van der Waals surface area contributed by atoms with Crippen LogP contribution in [-0.4, -0.2) is 30.1 Å². The number of aromatic nitrogens is 1. The summed E-state index contributed by atoms with van der Waals surface area (Å²) < 4.78 is 11.4.